The van der Waals surface area contributed by atoms with Crippen molar-refractivity contribution in [2.75, 3.05) is 6.54 Å². The number of benzene rings is 1. The van der Waals surface area contributed by atoms with Crippen LogP contribution in [0.4, 0.5) is 4.39 Å². The van der Waals surface area contributed by atoms with Crippen LogP contribution < -0.4 is 5.32 Å². The molecule has 0 aliphatic rings. The first-order chi connectivity index (χ1) is 9.16. The number of halogens is 2. The maximum atomic E-state index is 13.5. The smallest absolute Gasteiger partial charge is 0.224 e. The number of aromatic nitrogens is 2. The molecule has 1 aromatic heterocycles. The Bertz CT molecular complexity index is 537. The van der Waals surface area contributed by atoms with Crippen LogP contribution in [0.3, 0.4) is 0 Å². The van der Waals surface area contributed by atoms with Crippen molar-refractivity contribution in [3.05, 3.63) is 52.8 Å². The number of hydrogen-bond donors (Lipinski definition) is 2. The number of carbonyl (C=O) groups is 1. The van der Waals surface area contributed by atoms with E-state index in [9.17, 15) is 9.18 Å². The van der Waals surface area contributed by atoms with Gasteiger partial charge in [0, 0.05) is 35.4 Å². The first-order valence-electron chi connectivity index (χ1n) is 5.83. The molecule has 0 fully saturated rings. The van der Waals surface area contributed by atoms with E-state index < -0.39 is 5.82 Å². The van der Waals surface area contributed by atoms with Gasteiger partial charge in [-0.2, -0.15) is 0 Å². The topological polar surface area (TPSA) is 57.8 Å². The van der Waals surface area contributed by atoms with Crippen LogP contribution in [-0.4, -0.2) is 22.4 Å². The molecule has 100 valence electrons. The lowest BCUT2D eigenvalue weighted by Crippen LogP contribution is -2.27. The Balaban J connectivity index is 1.84. The Morgan fingerprint density at radius 2 is 2.32 bits per heavy atom. The molecule has 2 aromatic rings. The van der Waals surface area contributed by atoms with Crippen molar-refractivity contribution in [1.82, 2.24) is 15.3 Å². The van der Waals surface area contributed by atoms with E-state index in [2.05, 4.69) is 15.3 Å². The van der Waals surface area contributed by atoms with Gasteiger partial charge in [0.25, 0.3) is 0 Å². The van der Waals surface area contributed by atoms with Gasteiger partial charge in [0.2, 0.25) is 5.91 Å². The van der Waals surface area contributed by atoms with Gasteiger partial charge in [-0.1, -0.05) is 17.7 Å². The van der Waals surface area contributed by atoms with Gasteiger partial charge in [0.1, 0.15) is 5.82 Å². The number of carbonyl (C=O) groups excluding carboxylic acids is 1. The molecule has 1 amide bonds. The van der Waals surface area contributed by atoms with Gasteiger partial charge in [0.15, 0.2) is 0 Å². The van der Waals surface area contributed by atoms with Crippen LogP contribution in [0.5, 0.6) is 0 Å². The number of hydrogen-bond acceptors (Lipinski definition) is 2. The highest BCUT2D eigenvalue weighted by Gasteiger charge is 2.11. The monoisotopic (exact) mass is 281 g/mol. The molecule has 1 heterocycles. The molecule has 0 atom stereocenters. The van der Waals surface area contributed by atoms with Crippen molar-refractivity contribution < 1.29 is 9.18 Å². The van der Waals surface area contributed by atoms with Crippen molar-refractivity contribution in [1.29, 1.82) is 0 Å². The Morgan fingerprint density at radius 1 is 1.47 bits per heavy atom. The lowest BCUT2D eigenvalue weighted by atomic mass is 10.1. The molecule has 0 saturated heterocycles. The first-order valence-corrected chi connectivity index (χ1v) is 6.21. The Morgan fingerprint density at radius 3 is 3.00 bits per heavy atom. The lowest BCUT2D eigenvalue weighted by molar-refractivity contribution is -0.120. The summed E-state index contributed by atoms with van der Waals surface area (Å²) in [5, 5.41) is 2.98. The zero-order chi connectivity index (χ0) is 13.7. The number of H-pyrrole nitrogens is 1. The number of nitrogens with one attached hydrogen (secondary N) is 2. The average molecular weight is 282 g/mol. The second-order valence-corrected chi connectivity index (χ2v) is 4.46. The zero-order valence-corrected chi connectivity index (χ0v) is 10.9. The van der Waals surface area contributed by atoms with Crippen LogP contribution in [-0.2, 0) is 17.6 Å². The molecule has 0 saturated carbocycles. The Kier molecular flexibility index (Phi) is 4.52. The molecule has 2 rings (SSSR count). The summed E-state index contributed by atoms with van der Waals surface area (Å²) in [4.78, 5) is 18.5. The molecule has 2 N–H and O–H groups in total. The molecule has 0 radical (unpaired) electrons. The van der Waals surface area contributed by atoms with E-state index in [4.69, 9.17) is 11.6 Å². The van der Waals surface area contributed by atoms with Gasteiger partial charge >= 0.3 is 0 Å². The van der Waals surface area contributed by atoms with Gasteiger partial charge in [-0.25, -0.2) is 9.37 Å². The highest BCUT2D eigenvalue weighted by Crippen LogP contribution is 2.19. The van der Waals surface area contributed by atoms with Gasteiger partial charge in [-0.3, -0.25) is 4.79 Å². The Hall–Kier alpha value is -1.88. The van der Waals surface area contributed by atoms with Crippen LogP contribution in [0.25, 0.3) is 0 Å². The molecule has 19 heavy (non-hydrogen) atoms. The van der Waals surface area contributed by atoms with Crippen LogP contribution in [0.1, 0.15) is 11.3 Å². The van der Waals surface area contributed by atoms with Crippen molar-refractivity contribution >= 4 is 17.5 Å². The summed E-state index contributed by atoms with van der Waals surface area (Å²) in [6.45, 7) is 0.465. The normalized spacial score (nSPS) is 10.4. The van der Waals surface area contributed by atoms with Gasteiger partial charge in [-0.05, 0) is 12.1 Å². The van der Waals surface area contributed by atoms with E-state index in [-0.39, 0.29) is 22.9 Å². The van der Waals surface area contributed by atoms with E-state index >= 15 is 0 Å². The first kappa shape index (κ1) is 13.5. The van der Waals surface area contributed by atoms with Crippen molar-refractivity contribution in [3.63, 3.8) is 0 Å². The number of amides is 1. The average Bonchev–Trinajstić information content (AvgIpc) is 2.87. The van der Waals surface area contributed by atoms with E-state index in [0.29, 0.717) is 13.0 Å². The maximum absolute atomic E-state index is 13.5. The number of rotatable bonds is 5. The number of nitrogens with zero attached hydrogens (tertiary/aromatic N) is 1. The van der Waals surface area contributed by atoms with Gasteiger partial charge < -0.3 is 10.3 Å². The third kappa shape index (κ3) is 3.79. The predicted octanol–water partition coefficient (Wildman–Crippen LogP) is 2.10. The lowest BCUT2D eigenvalue weighted by Gasteiger charge is -2.07. The second-order valence-electron chi connectivity index (χ2n) is 4.05. The maximum Gasteiger partial charge on any atom is 0.224 e. The summed E-state index contributed by atoms with van der Waals surface area (Å²) in [6, 6.07) is 4.37. The summed E-state index contributed by atoms with van der Waals surface area (Å²) in [7, 11) is 0. The van der Waals surface area contributed by atoms with Gasteiger partial charge in [-0.15, -0.1) is 0 Å². The minimum absolute atomic E-state index is 0.0610. The number of imidazole rings is 1. The minimum atomic E-state index is -0.462. The fourth-order valence-corrected chi connectivity index (χ4v) is 1.91. The van der Waals surface area contributed by atoms with Gasteiger partial charge in [0.05, 0.1) is 12.7 Å². The molecule has 0 aliphatic heterocycles. The molecule has 0 bridgehead atoms. The van der Waals surface area contributed by atoms with Crippen LogP contribution in [0.2, 0.25) is 5.02 Å². The Labute approximate surface area is 115 Å². The quantitative estimate of drug-likeness (QED) is 0.882. The summed E-state index contributed by atoms with van der Waals surface area (Å²) in [5.74, 6) is -0.720. The van der Waals surface area contributed by atoms with Crippen molar-refractivity contribution in [3.8, 4) is 0 Å². The fourth-order valence-electron chi connectivity index (χ4n) is 1.68. The van der Waals surface area contributed by atoms with Crippen LogP contribution in [0, 0.1) is 5.82 Å². The standard InChI is InChI=1S/C13H13ClFN3O/c14-11-2-1-3-12(15)10(11)6-13(19)17-5-4-9-7-16-8-18-9/h1-3,7-8H,4-6H2,(H,16,18)(H,17,19). The van der Waals surface area contributed by atoms with E-state index in [1.165, 1.54) is 12.1 Å². The third-order valence-corrected chi connectivity index (χ3v) is 3.02. The van der Waals surface area contributed by atoms with Crippen molar-refractivity contribution in [2.45, 2.75) is 12.8 Å². The molecular weight excluding hydrogens is 269 g/mol. The summed E-state index contributed by atoms with van der Waals surface area (Å²) in [5.41, 5.74) is 1.16. The highest BCUT2D eigenvalue weighted by atomic mass is 35.5. The van der Waals surface area contributed by atoms with E-state index in [0.717, 1.165) is 5.69 Å². The second kappa shape index (κ2) is 6.33. The molecule has 4 nitrogen and oxygen atoms in total. The minimum Gasteiger partial charge on any atom is -0.355 e. The summed E-state index contributed by atoms with van der Waals surface area (Å²) in [6.07, 6.45) is 3.86. The molecule has 0 unspecified atom stereocenters. The summed E-state index contributed by atoms with van der Waals surface area (Å²) >= 11 is 5.86. The van der Waals surface area contributed by atoms with Crippen LogP contribution >= 0.6 is 11.6 Å². The molecule has 0 aliphatic carbocycles. The fraction of sp³-hybridized carbons (Fsp3) is 0.231. The molecule has 6 heteroatoms. The van der Waals surface area contributed by atoms with Crippen molar-refractivity contribution in [2.24, 2.45) is 0 Å². The zero-order valence-electron chi connectivity index (χ0n) is 10.1. The third-order valence-electron chi connectivity index (χ3n) is 2.67. The largest absolute Gasteiger partial charge is 0.355 e. The summed E-state index contributed by atoms with van der Waals surface area (Å²) < 4.78 is 13.5. The van der Waals surface area contributed by atoms with E-state index in [1.807, 2.05) is 0 Å². The molecule has 0 spiro atoms. The molecule has 1 aromatic carbocycles. The number of aromatic amines is 1. The molecular formula is C13H13ClFN3O. The predicted molar refractivity (Wildman–Crippen MR) is 70.4 cm³/mol. The van der Waals surface area contributed by atoms with E-state index in [1.54, 1.807) is 18.6 Å². The highest BCUT2D eigenvalue weighted by molar-refractivity contribution is 6.31. The van der Waals surface area contributed by atoms with Crippen LogP contribution in [0.15, 0.2) is 30.7 Å². The SMILES string of the molecule is O=C(Cc1c(F)cccc1Cl)NCCc1cnc[nH]1.